The molecule has 17 nitrogen and oxygen atoms in total. The number of imidazole rings is 1. The van der Waals surface area contributed by atoms with Crippen molar-refractivity contribution in [2.45, 2.75) is 102 Å². The molecule has 0 saturated heterocycles. The third-order valence-corrected chi connectivity index (χ3v) is 11.5. The van der Waals surface area contributed by atoms with Gasteiger partial charge in [-0.2, -0.15) is 0 Å². The molecule has 0 fully saturated rings. The lowest BCUT2D eigenvalue weighted by atomic mass is 10.1. The van der Waals surface area contributed by atoms with Gasteiger partial charge in [0, 0.05) is 19.2 Å². The lowest BCUT2D eigenvalue weighted by Gasteiger charge is -2.26. The first-order valence-electron chi connectivity index (χ1n) is 21.8. The van der Waals surface area contributed by atoms with Gasteiger partial charge >= 0.3 is 18.2 Å². The molecule has 3 atom stereocenters. The zero-order valence-corrected chi connectivity index (χ0v) is 38.8. The van der Waals surface area contributed by atoms with E-state index in [1.165, 1.54) is 18.3 Å². The predicted octanol–water partition coefficient (Wildman–Crippen LogP) is 5.89. The fraction of sp³-hybridized carbons (Fsp3) is 0.347. The van der Waals surface area contributed by atoms with Crippen molar-refractivity contribution in [2.24, 2.45) is 0 Å². The number of benzene rings is 4. The number of aromatic nitrogens is 2. The third kappa shape index (κ3) is 17.4. The Balaban J connectivity index is 1.35. The lowest BCUT2D eigenvalue weighted by Crippen LogP contribution is -2.57. The van der Waals surface area contributed by atoms with Crippen molar-refractivity contribution in [2.75, 3.05) is 13.2 Å². The molecule has 5 aromatic rings. The van der Waals surface area contributed by atoms with Crippen molar-refractivity contribution in [3.05, 3.63) is 156 Å². The van der Waals surface area contributed by atoms with Crippen molar-refractivity contribution < 1.29 is 51.3 Å². The highest BCUT2D eigenvalue weighted by Gasteiger charge is 2.32. The van der Waals surface area contributed by atoms with Gasteiger partial charge in [0.05, 0.1) is 23.8 Å². The Morgan fingerprint density at radius 2 is 1.21 bits per heavy atom. The average molecular weight is 939 g/mol. The second kappa shape index (κ2) is 25.0. The molecule has 0 aliphatic rings. The van der Waals surface area contributed by atoms with Crippen LogP contribution in [-0.4, -0.2) is 84.2 Å². The monoisotopic (exact) mass is 938 g/mol. The number of carbonyl (C=O) groups excluding carboxylic acids is 5. The van der Waals surface area contributed by atoms with Crippen LogP contribution in [0.2, 0.25) is 0 Å². The Bertz CT molecular complexity index is 2480. The maximum atomic E-state index is 14.4. The summed E-state index contributed by atoms with van der Waals surface area (Å²) in [5, 5.41) is 10.6. The van der Waals surface area contributed by atoms with E-state index in [4.69, 9.17) is 18.9 Å². The van der Waals surface area contributed by atoms with E-state index in [0.717, 1.165) is 27.0 Å². The van der Waals surface area contributed by atoms with E-state index in [1.807, 2.05) is 73.7 Å². The quantitative estimate of drug-likeness (QED) is 0.0342. The molecule has 0 spiro atoms. The highest BCUT2D eigenvalue weighted by molar-refractivity contribution is 7.90. The largest absolute Gasteiger partial charge is 0.459 e. The van der Waals surface area contributed by atoms with Gasteiger partial charge in [0.25, 0.3) is 10.0 Å². The molecule has 0 unspecified atom stereocenters. The van der Waals surface area contributed by atoms with Crippen LogP contribution in [0.1, 0.15) is 68.0 Å². The minimum atomic E-state index is -4.09. The van der Waals surface area contributed by atoms with Crippen molar-refractivity contribution >= 4 is 40.0 Å². The molecule has 4 aromatic carbocycles. The van der Waals surface area contributed by atoms with E-state index in [1.54, 1.807) is 57.2 Å². The zero-order chi connectivity index (χ0) is 48.2. The number of rotatable bonds is 23. The minimum Gasteiger partial charge on any atom is -0.459 e. The van der Waals surface area contributed by atoms with Crippen molar-refractivity contribution in [3.63, 3.8) is 0 Å². The third-order valence-electron chi connectivity index (χ3n) is 9.89. The number of nitrogens with one attached hydrogen (secondary N) is 4. The van der Waals surface area contributed by atoms with Gasteiger partial charge < -0.3 is 40.2 Å². The molecule has 0 aliphatic heterocycles. The Labute approximate surface area is 391 Å². The highest BCUT2D eigenvalue weighted by Crippen LogP contribution is 2.17. The summed E-state index contributed by atoms with van der Waals surface area (Å²) in [4.78, 5) is 72.0. The van der Waals surface area contributed by atoms with E-state index >= 15 is 0 Å². The molecular weight excluding hydrogens is 881 g/mol. The van der Waals surface area contributed by atoms with Crippen LogP contribution in [0.5, 0.6) is 0 Å². The van der Waals surface area contributed by atoms with Crippen LogP contribution in [0.3, 0.4) is 0 Å². The topological polar surface area (TPSA) is 222 Å². The molecule has 0 saturated carbocycles. The Morgan fingerprint density at radius 3 is 1.81 bits per heavy atom. The number of hydrogen-bond donors (Lipinski definition) is 4. The second-order valence-electron chi connectivity index (χ2n) is 16.6. The van der Waals surface area contributed by atoms with E-state index in [-0.39, 0.29) is 56.4 Å². The Hall–Kier alpha value is -7.05. The molecule has 1 aromatic heterocycles. The number of alkyl carbamates (subject to hydrolysis) is 2. The molecule has 0 aliphatic carbocycles. The van der Waals surface area contributed by atoms with Gasteiger partial charge in [-0.25, -0.2) is 31.8 Å². The molecule has 4 amide bonds. The molecule has 356 valence electrons. The van der Waals surface area contributed by atoms with Crippen LogP contribution in [0.4, 0.5) is 9.59 Å². The molecule has 5 rings (SSSR count). The van der Waals surface area contributed by atoms with Crippen LogP contribution in [-0.2, 0) is 69.6 Å². The summed E-state index contributed by atoms with van der Waals surface area (Å²) in [6, 6.07) is 29.4. The average Bonchev–Trinajstić information content (AvgIpc) is 3.79. The zero-order valence-electron chi connectivity index (χ0n) is 38.0. The van der Waals surface area contributed by atoms with E-state index < -0.39 is 63.7 Å². The van der Waals surface area contributed by atoms with Crippen LogP contribution in [0.15, 0.2) is 133 Å². The number of hydrogen-bond acceptors (Lipinski definition) is 12. The summed E-state index contributed by atoms with van der Waals surface area (Å²) in [6.45, 7) is 6.77. The van der Waals surface area contributed by atoms with Gasteiger partial charge in [0.2, 0.25) is 11.8 Å². The number of nitrogens with zero attached hydrogens (tertiary/aromatic N) is 2. The van der Waals surface area contributed by atoms with Crippen molar-refractivity contribution in [1.82, 2.24) is 30.2 Å². The number of aryl methyl sites for hydroxylation is 1. The summed E-state index contributed by atoms with van der Waals surface area (Å²) >= 11 is 0. The van der Waals surface area contributed by atoms with E-state index in [2.05, 4.69) is 26.3 Å². The second-order valence-corrected chi connectivity index (χ2v) is 18.5. The number of esters is 1. The lowest BCUT2D eigenvalue weighted by molar-refractivity contribution is -0.149. The first kappa shape index (κ1) is 50.9. The molecule has 18 heteroatoms. The van der Waals surface area contributed by atoms with Gasteiger partial charge in [-0.15, -0.1) is 0 Å². The van der Waals surface area contributed by atoms with E-state index in [9.17, 15) is 32.4 Å². The van der Waals surface area contributed by atoms with Gasteiger partial charge in [-0.05, 0) is 75.8 Å². The summed E-state index contributed by atoms with van der Waals surface area (Å²) < 4.78 is 50.2. The first-order valence-corrected chi connectivity index (χ1v) is 23.2. The smallest absolute Gasteiger partial charge is 0.408 e. The number of ether oxygens (including phenoxy) is 4. The van der Waals surface area contributed by atoms with Crippen molar-refractivity contribution in [3.8, 4) is 0 Å². The SMILES string of the molecule is Cc1ccc(S(=O)(=O)n2cnc(C[C@H](NC(=O)[C@H](COCc3ccccc3)NC(=O)OC(C)(C)C)C(=O)N[C@@H](CCCCNC(=O)OCc3ccccc3)C(=O)OCc3ccccc3)c2)cc1. The Kier molecular flexibility index (Phi) is 19.0. The molecule has 4 N–H and O–H groups in total. The summed E-state index contributed by atoms with van der Waals surface area (Å²) in [5.74, 6) is -2.45. The summed E-state index contributed by atoms with van der Waals surface area (Å²) in [5.41, 5.74) is 2.38. The van der Waals surface area contributed by atoms with Crippen LogP contribution in [0, 0.1) is 6.92 Å². The van der Waals surface area contributed by atoms with E-state index in [0.29, 0.717) is 18.4 Å². The number of unbranched alkanes of at least 4 members (excludes halogenated alkanes) is 1. The molecule has 1 heterocycles. The maximum Gasteiger partial charge on any atom is 0.408 e. The minimum absolute atomic E-state index is 0.00680. The molecular formula is C49H58N6O11S. The standard InChI is InChI=1S/C49H58N6O11S/c1-35-23-25-40(26-24-35)67(61,62)55-29-39(51-34-55)28-42(53-45(57)43(54-48(60)66-49(2,3)4)33-63-30-36-16-8-5-9-17-36)44(56)52-41(46(58)64-31-37-18-10-6-11-19-37)22-14-15-27-50-47(59)65-32-38-20-12-7-13-21-38/h5-13,16-21,23-26,29,34,41-43H,14-15,22,27-28,30-33H2,1-4H3,(H,50,59)(H,52,56)(H,53,57)(H,54,60)/t41-,42-,43-/m0/s1. The van der Waals surface area contributed by atoms with Gasteiger partial charge in [0.1, 0.15) is 43.3 Å². The molecule has 0 radical (unpaired) electrons. The summed E-state index contributed by atoms with van der Waals surface area (Å²) in [6.07, 6.45) is 1.23. The maximum absolute atomic E-state index is 14.4. The fourth-order valence-electron chi connectivity index (χ4n) is 6.39. The van der Waals surface area contributed by atoms with Crippen LogP contribution in [0.25, 0.3) is 0 Å². The van der Waals surface area contributed by atoms with Crippen molar-refractivity contribution in [1.29, 1.82) is 0 Å². The molecule has 0 bridgehead atoms. The summed E-state index contributed by atoms with van der Waals surface area (Å²) in [7, 11) is -4.09. The predicted molar refractivity (Wildman–Crippen MR) is 248 cm³/mol. The number of amides is 4. The highest BCUT2D eigenvalue weighted by atomic mass is 32.2. The normalized spacial score (nSPS) is 12.7. The fourth-order valence-corrected chi connectivity index (χ4v) is 7.55. The molecule has 67 heavy (non-hydrogen) atoms. The Morgan fingerprint density at radius 1 is 0.657 bits per heavy atom. The van der Waals surface area contributed by atoms with Crippen LogP contribution >= 0.6 is 0 Å². The van der Waals surface area contributed by atoms with Gasteiger partial charge in [-0.3, -0.25) is 9.59 Å². The van der Waals surface area contributed by atoms with Crippen LogP contribution < -0.4 is 21.3 Å². The number of carbonyl (C=O) groups is 5. The van der Waals surface area contributed by atoms with Gasteiger partial charge in [-0.1, -0.05) is 109 Å². The van der Waals surface area contributed by atoms with Gasteiger partial charge in [0.15, 0.2) is 0 Å². The first-order chi connectivity index (χ1) is 32.1.